The summed E-state index contributed by atoms with van der Waals surface area (Å²) in [5.74, 6) is -1.03. The molecule has 1 aromatic heterocycles. The number of anilines is 1. The molecule has 0 aliphatic carbocycles. The van der Waals surface area contributed by atoms with Crippen molar-refractivity contribution in [2.24, 2.45) is 0 Å². The van der Waals surface area contributed by atoms with Crippen LogP contribution in [0, 0.1) is 5.82 Å². The van der Waals surface area contributed by atoms with E-state index in [1.807, 2.05) is 42.5 Å². The lowest BCUT2D eigenvalue weighted by Gasteiger charge is -2.32. The summed E-state index contributed by atoms with van der Waals surface area (Å²) in [6.45, 7) is -0.00750. The summed E-state index contributed by atoms with van der Waals surface area (Å²) in [7, 11) is 1.53. The minimum absolute atomic E-state index is 0.0654. The summed E-state index contributed by atoms with van der Waals surface area (Å²) >= 11 is 0. The fraction of sp³-hybridized carbons (Fsp3) is 0.133. The zero-order valence-corrected chi connectivity index (χ0v) is 21.2. The van der Waals surface area contributed by atoms with Gasteiger partial charge in [-0.1, -0.05) is 65.9 Å². The van der Waals surface area contributed by atoms with Gasteiger partial charge >= 0.3 is 0 Å². The summed E-state index contributed by atoms with van der Waals surface area (Å²) in [6, 6.07) is 28.0. The molecule has 2 amide bonds. The second kappa shape index (κ2) is 11.6. The van der Waals surface area contributed by atoms with Gasteiger partial charge in [0.2, 0.25) is 11.8 Å². The molecule has 0 aliphatic rings. The normalized spacial score (nSPS) is 11.6. The number of amides is 2. The van der Waals surface area contributed by atoms with Crippen LogP contribution in [0.5, 0.6) is 5.75 Å². The van der Waals surface area contributed by atoms with Crippen LogP contribution in [0.2, 0.25) is 0 Å². The van der Waals surface area contributed by atoms with Crippen LogP contribution in [-0.4, -0.2) is 33.9 Å². The average Bonchev–Trinajstić information content (AvgIpc) is 3.38. The average molecular weight is 524 g/mol. The van der Waals surface area contributed by atoms with E-state index in [1.54, 1.807) is 48.5 Å². The Morgan fingerprint density at radius 2 is 1.62 bits per heavy atom. The molecule has 0 fully saturated rings. The van der Waals surface area contributed by atoms with E-state index < -0.39 is 23.7 Å². The van der Waals surface area contributed by atoms with E-state index in [2.05, 4.69) is 15.6 Å². The highest BCUT2D eigenvalue weighted by molar-refractivity contribution is 6.01. The largest absolute Gasteiger partial charge is 0.497 e. The van der Waals surface area contributed by atoms with Crippen molar-refractivity contribution in [3.8, 4) is 5.75 Å². The van der Waals surface area contributed by atoms with E-state index in [4.69, 9.17) is 4.74 Å². The number of aromatic nitrogens is 3. The van der Waals surface area contributed by atoms with Gasteiger partial charge in [-0.15, -0.1) is 5.10 Å². The van der Waals surface area contributed by atoms with Crippen molar-refractivity contribution in [3.05, 3.63) is 120 Å². The predicted molar refractivity (Wildman–Crippen MR) is 145 cm³/mol. The highest BCUT2D eigenvalue weighted by atomic mass is 19.1. The first-order valence-corrected chi connectivity index (χ1v) is 12.4. The molecule has 0 saturated heterocycles. The lowest BCUT2D eigenvalue weighted by Crippen LogP contribution is -2.45. The first-order chi connectivity index (χ1) is 19.0. The number of fused-ring (bicyclic) bond motifs is 1. The molecule has 4 aromatic carbocycles. The Hall–Kier alpha value is -5.05. The van der Waals surface area contributed by atoms with Gasteiger partial charge in [-0.25, -0.2) is 9.07 Å². The Kier molecular flexibility index (Phi) is 7.58. The van der Waals surface area contributed by atoms with Gasteiger partial charge in [-0.3, -0.25) is 14.5 Å². The molecular weight excluding hydrogens is 497 g/mol. The van der Waals surface area contributed by atoms with E-state index in [-0.39, 0.29) is 18.7 Å². The molecule has 1 atom stereocenters. The maximum absolute atomic E-state index is 15.2. The molecule has 0 aliphatic heterocycles. The molecule has 1 N–H and O–H groups in total. The van der Waals surface area contributed by atoms with Crippen molar-refractivity contribution in [2.75, 3.05) is 12.0 Å². The zero-order valence-electron chi connectivity index (χ0n) is 21.2. The van der Waals surface area contributed by atoms with Crippen molar-refractivity contribution in [3.63, 3.8) is 0 Å². The van der Waals surface area contributed by atoms with Crippen molar-refractivity contribution < 1.29 is 18.7 Å². The Morgan fingerprint density at radius 1 is 0.923 bits per heavy atom. The quantitative estimate of drug-likeness (QED) is 0.303. The van der Waals surface area contributed by atoms with Crippen LogP contribution in [-0.2, 0) is 22.7 Å². The van der Waals surface area contributed by atoms with Crippen molar-refractivity contribution >= 4 is 28.5 Å². The van der Waals surface area contributed by atoms with Gasteiger partial charge in [-0.05, 0) is 48.0 Å². The number of rotatable bonds is 9. The second-order valence-electron chi connectivity index (χ2n) is 8.83. The number of benzene rings is 4. The first kappa shape index (κ1) is 25.6. The number of methoxy groups -OCH3 is 1. The van der Waals surface area contributed by atoms with Crippen molar-refractivity contribution in [2.45, 2.75) is 19.1 Å². The van der Waals surface area contributed by atoms with Gasteiger partial charge in [0.05, 0.1) is 12.6 Å². The van der Waals surface area contributed by atoms with Crippen LogP contribution in [0.25, 0.3) is 11.0 Å². The third-order valence-electron chi connectivity index (χ3n) is 6.34. The number of hydrogen-bond donors (Lipinski definition) is 1. The van der Waals surface area contributed by atoms with E-state index >= 15 is 4.39 Å². The SMILES string of the molecule is COc1ccc(N(C(=O)Cn2nnc3ccccc32)C(C(=O)NCc2ccccc2)c2ccccc2F)cc1. The molecule has 1 unspecified atom stereocenters. The van der Waals surface area contributed by atoms with Crippen LogP contribution in [0.15, 0.2) is 103 Å². The molecule has 8 nitrogen and oxygen atoms in total. The number of nitrogens with zero attached hydrogens (tertiary/aromatic N) is 4. The Bertz CT molecular complexity index is 1590. The van der Waals surface area contributed by atoms with Gasteiger partial charge in [0, 0.05) is 17.8 Å². The summed E-state index contributed by atoms with van der Waals surface area (Å²) < 4.78 is 22.0. The number of hydrogen-bond acceptors (Lipinski definition) is 5. The number of carbonyl (C=O) groups excluding carboxylic acids is 2. The van der Waals surface area contributed by atoms with Crippen molar-refractivity contribution in [1.29, 1.82) is 0 Å². The number of halogens is 1. The molecule has 0 radical (unpaired) electrons. The summed E-state index contributed by atoms with van der Waals surface area (Å²) in [6.07, 6.45) is 0. The highest BCUT2D eigenvalue weighted by Crippen LogP contribution is 2.31. The molecule has 0 spiro atoms. The minimum Gasteiger partial charge on any atom is -0.497 e. The topological polar surface area (TPSA) is 89.3 Å². The van der Waals surface area contributed by atoms with Crippen LogP contribution in [0.1, 0.15) is 17.2 Å². The van der Waals surface area contributed by atoms with E-state index in [9.17, 15) is 9.59 Å². The van der Waals surface area contributed by atoms with Gasteiger partial charge in [-0.2, -0.15) is 0 Å². The smallest absolute Gasteiger partial charge is 0.249 e. The molecule has 0 saturated carbocycles. The van der Waals surface area contributed by atoms with Gasteiger partial charge in [0.25, 0.3) is 0 Å². The van der Waals surface area contributed by atoms with E-state index in [0.29, 0.717) is 22.5 Å². The fourth-order valence-corrected chi connectivity index (χ4v) is 4.39. The molecule has 39 heavy (non-hydrogen) atoms. The number of carbonyl (C=O) groups is 2. The predicted octanol–water partition coefficient (Wildman–Crippen LogP) is 4.67. The van der Waals surface area contributed by atoms with Crippen LogP contribution < -0.4 is 15.0 Å². The maximum Gasteiger partial charge on any atom is 0.249 e. The molecule has 5 rings (SSSR count). The standard InChI is InChI=1S/C30H26FN5O3/c1-39-23-17-15-22(16-18-23)36(28(37)20-35-27-14-8-7-13-26(27)33-34-35)29(24-11-5-6-12-25(24)31)30(38)32-19-21-9-3-2-4-10-21/h2-18,29H,19-20H2,1H3,(H,32,38). The minimum atomic E-state index is -1.30. The van der Waals surface area contributed by atoms with Gasteiger partial charge in [0.1, 0.15) is 29.7 Å². The Morgan fingerprint density at radius 3 is 2.36 bits per heavy atom. The van der Waals surface area contributed by atoms with Crippen LogP contribution >= 0.6 is 0 Å². The summed E-state index contributed by atoms with van der Waals surface area (Å²) in [5, 5.41) is 11.1. The van der Waals surface area contributed by atoms with Gasteiger partial charge in [0.15, 0.2) is 0 Å². The Balaban J connectivity index is 1.56. The Labute approximate surface area is 224 Å². The lowest BCUT2D eigenvalue weighted by atomic mass is 10.0. The van der Waals surface area contributed by atoms with Crippen molar-refractivity contribution in [1.82, 2.24) is 20.3 Å². The molecule has 0 bridgehead atoms. The van der Waals surface area contributed by atoms with E-state index in [1.165, 1.54) is 28.8 Å². The lowest BCUT2D eigenvalue weighted by molar-refractivity contribution is -0.127. The van der Waals surface area contributed by atoms with Gasteiger partial charge < -0.3 is 10.1 Å². The monoisotopic (exact) mass is 523 g/mol. The van der Waals surface area contributed by atoms with Crippen LogP contribution in [0.4, 0.5) is 10.1 Å². The molecule has 196 valence electrons. The van der Waals surface area contributed by atoms with E-state index in [0.717, 1.165) is 5.56 Å². The molecule has 5 aromatic rings. The molecule has 9 heteroatoms. The second-order valence-corrected chi connectivity index (χ2v) is 8.83. The first-order valence-electron chi connectivity index (χ1n) is 12.4. The number of ether oxygens (including phenoxy) is 1. The fourth-order valence-electron chi connectivity index (χ4n) is 4.39. The zero-order chi connectivity index (χ0) is 27.2. The maximum atomic E-state index is 15.2. The summed E-state index contributed by atoms with van der Waals surface area (Å²) in [5.41, 5.74) is 2.63. The number of nitrogens with one attached hydrogen (secondary N) is 1. The highest BCUT2D eigenvalue weighted by Gasteiger charge is 2.35. The number of para-hydroxylation sites is 1. The molecular formula is C30H26FN5O3. The van der Waals surface area contributed by atoms with Crippen LogP contribution in [0.3, 0.4) is 0 Å². The third kappa shape index (κ3) is 5.62. The summed E-state index contributed by atoms with van der Waals surface area (Å²) in [4.78, 5) is 29.1. The molecule has 1 heterocycles. The third-order valence-corrected chi connectivity index (χ3v) is 6.34.